The number of amides is 1. The summed E-state index contributed by atoms with van der Waals surface area (Å²) < 4.78 is 35.6. The van der Waals surface area contributed by atoms with Gasteiger partial charge in [-0.3, -0.25) is 9.69 Å². The van der Waals surface area contributed by atoms with Crippen LogP contribution >= 0.6 is 11.6 Å². The molecule has 0 atom stereocenters. The van der Waals surface area contributed by atoms with Gasteiger partial charge in [-0.1, -0.05) is 66.2 Å². The van der Waals surface area contributed by atoms with E-state index in [-0.39, 0.29) is 16.2 Å². The number of ether oxygens (including phenoxy) is 1. The molecule has 7 rings (SSSR count). The molecule has 11 heteroatoms. The normalized spacial score (nSPS) is 15.9. The number of carbonyl (C=O) groups is 1. The van der Waals surface area contributed by atoms with Crippen LogP contribution in [0, 0.1) is 6.92 Å². The van der Waals surface area contributed by atoms with Gasteiger partial charge in [0.1, 0.15) is 11.5 Å². The van der Waals surface area contributed by atoms with Crippen molar-refractivity contribution in [3.8, 4) is 22.6 Å². The number of sulfonamides is 1. The van der Waals surface area contributed by atoms with Gasteiger partial charge in [-0.15, -0.1) is 0 Å². The molecule has 2 saturated heterocycles. The lowest BCUT2D eigenvalue weighted by Crippen LogP contribution is -2.46. The van der Waals surface area contributed by atoms with Gasteiger partial charge in [0, 0.05) is 61.2 Å². The molecular weight excluding hydrogens is 718 g/mol. The van der Waals surface area contributed by atoms with E-state index in [9.17, 15) is 13.2 Å². The number of hydrogen-bond acceptors (Lipinski definition) is 8. The summed E-state index contributed by atoms with van der Waals surface area (Å²) in [6.45, 7) is 7.97. The number of anilines is 2. The van der Waals surface area contributed by atoms with Crippen LogP contribution in [0.2, 0.25) is 5.02 Å². The topological polar surface area (TPSA) is 94.2 Å². The molecule has 2 fully saturated rings. The van der Waals surface area contributed by atoms with Crippen LogP contribution < -0.4 is 19.7 Å². The smallest absolute Gasteiger partial charge is 0.268 e. The van der Waals surface area contributed by atoms with Crippen molar-refractivity contribution in [3.63, 3.8) is 0 Å². The molecule has 5 aromatic rings. The molecule has 0 bridgehead atoms. The highest BCUT2D eigenvalue weighted by Gasteiger charge is 2.25. The molecule has 5 aromatic carbocycles. The lowest BCUT2D eigenvalue weighted by Gasteiger charge is -2.36. The van der Waals surface area contributed by atoms with Gasteiger partial charge < -0.3 is 19.9 Å². The molecular formula is C43H46ClN5O4S. The van der Waals surface area contributed by atoms with Gasteiger partial charge in [-0.05, 0) is 117 Å². The highest BCUT2D eigenvalue weighted by atomic mass is 35.5. The molecule has 2 heterocycles. The Bertz CT molecular complexity index is 2180. The number of nitrogens with one attached hydrogen (secondary N) is 2. The van der Waals surface area contributed by atoms with Crippen LogP contribution in [0.5, 0.6) is 11.5 Å². The first-order chi connectivity index (χ1) is 26.1. The third-order valence-electron chi connectivity index (χ3n) is 10.3. The first-order valence-electron chi connectivity index (χ1n) is 18.4. The van der Waals surface area contributed by atoms with Crippen LogP contribution in [0.15, 0.2) is 120 Å². The first-order valence-corrected chi connectivity index (χ1v) is 20.3. The molecule has 9 nitrogen and oxygen atoms in total. The van der Waals surface area contributed by atoms with Crippen LogP contribution in [0.25, 0.3) is 11.1 Å². The van der Waals surface area contributed by atoms with Crippen molar-refractivity contribution in [2.45, 2.75) is 37.2 Å². The van der Waals surface area contributed by atoms with E-state index in [1.165, 1.54) is 11.1 Å². The number of likely N-dealkylation sites (tertiary alicyclic amines) is 1. The third-order valence-corrected chi connectivity index (χ3v) is 11.9. The van der Waals surface area contributed by atoms with Gasteiger partial charge in [0.15, 0.2) is 0 Å². The summed E-state index contributed by atoms with van der Waals surface area (Å²) in [5.74, 6) is 0.0569. The van der Waals surface area contributed by atoms with Crippen molar-refractivity contribution >= 4 is 38.9 Å². The van der Waals surface area contributed by atoms with Crippen LogP contribution in [-0.2, 0) is 16.6 Å². The fourth-order valence-corrected chi connectivity index (χ4v) is 8.32. The molecule has 1 amide bonds. The number of rotatable bonds is 11. The maximum Gasteiger partial charge on any atom is 0.268 e. The van der Waals surface area contributed by atoms with E-state index in [4.69, 9.17) is 16.3 Å². The maximum absolute atomic E-state index is 13.7. The fourth-order valence-electron chi connectivity index (χ4n) is 7.14. The number of benzene rings is 5. The monoisotopic (exact) mass is 763 g/mol. The Morgan fingerprint density at radius 3 is 2.24 bits per heavy atom. The summed E-state index contributed by atoms with van der Waals surface area (Å²) in [6, 6.07) is 36.2. The quantitative estimate of drug-likeness (QED) is 0.140. The largest absolute Gasteiger partial charge is 0.456 e. The average Bonchev–Trinajstić information content (AvgIpc) is 3.17. The Morgan fingerprint density at radius 2 is 1.52 bits per heavy atom. The zero-order valence-electron chi connectivity index (χ0n) is 30.7. The number of carbonyl (C=O) groups excluding carboxylic acids is 1. The molecule has 0 saturated carbocycles. The second-order valence-electron chi connectivity index (χ2n) is 14.2. The maximum atomic E-state index is 13.7. The summed E-state index contributed by atoms with van der Waals surface area (Å²) in [7, 11) is -2.05. The number of hydrogen-bond donors (Lipinski definition) is 2. The average molecular weight is 764 g/mol. The molecule has 0 spiro atoms. The van der Waals surface area contributed by atoms with Crippen molar-refractivity contribution in [1.82, 2.24) is 14.5 Å². The molecule has 280 valence electrons. The summed E-state index contributed by atoms with van der Waals surface area (Å²) in [6.07, 6.45) is 2.05. The Kier molecular flexibility index (Phi) is 11.5. The lowest BCUT2D eigenvalue weighted by molar-refractivity contribution is 0.0979. The van der Waals surface area contributed by atoms with Gasteiger partial charge in [0.2, 0.25) is 0 Å². The number of nitrogens with zero attached hydrogens (tertiary/aromatic N) is 3. The zero-order chi connectivity index (χ0) is 37.7. The van der Waals surface area contributed by atoms with Gasteiger partial charge in [0.05, 0.1) is 10.5 Å². The van der Waals surface area contributed by atoms with Crippen molar-refractivity contribution in [3.05, 3.63) is 137 Å². The predicted octanol–water partition coefficient (Wildman–Crippen LogP) is 8.05. The minimum Gasteiger partial charge on any atom is -0.456 e. The summed E-state index contributed by atoms with van der Waals surface area (Å²) in [4.78, 5) is 20.8. The van der Waals surface area contributed by atoms with Crippen LogP contribution in [0.1, 0.15) is 34.3 Å². The highest BCUT2D eigenvalue weighted by molar-refractivity contribution is 7.90. The van der Waals surface area contributed by atoms with E-state index in [1.807, 2.05) is 49.4 Å². The van der Waals surface area contributed by atoms with E-state index in [0.29, 0.717) is 11.8 Å². The van der Waals surface area contributed by atoms with Gasteiger partial charge in [-0.25, -0.2) is 13.1 Å². The van der Waals surface area contributed by atoms with Crippen molar-refractivity contribution in [2.24, 2.45) is 0 Å². The van der Waals surface area contributed by atoms with E-state index in [2.05, 4.69) is 68.2 Å². The predicted molar refractivity (Wildman–Crippen MR) is 217 cm³/mol. The van der Waals surface area contributed by atoms with E-state index < -0.39 is 15.9 Å². The summed E-state index contributed by atoms with van der Waals surface area (Å²) in [5.41, 5.74) is 6.31. The molecule has 0 aliphatic carbocycles. The standard InChI is InChI=1S/C43H46ClN5O4S/c1-31-28-38(17-19-41(31)45-35-20-22-47(2)23-21-35)54(51,52)46-43(50)40-18-16-36(29-42(40)53-37-9-4-3-5-10-37)49-26-24-48(25-27-49)30-33-8-6-7-11-39(33)32-12-14-34(44)15-13-32/h3-19,28-29,35,45H,20-27,30H2,1-2H3,(H,46,50). The lowest BCUT2D eigenvalue weighted by atomic mass is 9.99. The second-order valence-corrected chi connectivity index (χ2v) is 16.3. The Labute approximate surface area is 323 Å². The minimum absolute atomic E-state index is 0.0260. The number of piperidine rings is 1. The third kappa shape index (κ3) is 9.07. The van der Waals surface area contributed by atoms with Crippen LogP contribution in [0.3, 0.4) is 0 Å². The van der Waals surface area contributed by atoms with Gasteiger partial charge in [0.25, 0.3) is 15.9 Å². The number of piperazine rings is 1. The molecule has 0 unspecified atom stereocenters. The van der Waals surface area contributed by atoms with Crippen molar-refractivity contribution in [2.75, 3.05) is 56.5 Å². The van der Waals surface area contributed by atoms with Crippen molar-refractivity contribution in [1.29, 1.82) is 0 Å². The molecule has 2 aliphatic heterocycles. The van der Waals surface area contributed by atoms with Crippen LogP contribution in [-0.4, -0.2) is 76.5 Å². The zero-order valence-corrected chi connectivity index (χ0v) is 32.2. The highest BCUT2D eigenvalue weighted by Crippen LogP contribution is 2.32. The number of para-hydroxylation sites is 1. The number of halogens is 1. The molecule has 54 heavy (non-hydrogen) atoms. The SMILES string of the molecule is Cc1cc(S(=O)(=O)NC(=O)c2ccc(N3CCN(Cc4ccccc4-c4ccc(Cl)cc4)CC3)cc2Oc2ccccc2)ccc1NC1CCN(C)CC1. The second kappa shape index (κ2) is 16.7. The Hall–Kier alpha value is -4.87. The van der Waals surface area contributed by atoms with Crippen molar-refractivity contribution < 1.29 is 17.9 Å². The van der Waals surface area contributed by atoms with E-state index in [0.717, 1.165) is 86.2 Å². The molecule has 0 aromatic heterocycles. The summed E-state index contributed by atoms with van der Waals surface area (Å²) in [5, 5.41) is 4.28. The summed E-state index contributed by atoms with van der Waals surface area (Å²) >= 11 is 6.15. The number of aryl methyl sites for hydroxylation is 1. The molecule has 2 N–H and O–H groups in total. The van der Waals surface area contributed by atoms with E-state index >= 15 is 0 Å². The molecule has 2 aliphatic rings. The van der Waals surface area contributed by atoms with Gasteiger partial charge in [-0.2, -0.15) is 0 Å². The molecule has 0 radical (unpaired) electrons. The Morgan fingerprint density at radius 1 is 0.815 bits per heavy atom. The fraction of sp³-hybridized carbons (Fsp3) is 0.279. The van der Waals surface area contributed by atoms with Gasteiger partial charge >= 0.3 is 0 Å². The van der Waals surface area contributed by atoms with E-state index in [1.54, 1.807) is 36.4 Å². The first kappa shape index (κ1) is 37.4. The minimum atomic E-state index is -4.17. The Balaban J connectivity index is 1.04. The van der Waals surface area contributed by atoms with Crippen LogP contribution in [0.4, 0.5) is 11.4 Å².